The van der Waals surface area contributed by atoms with Gasteiger partial charge in [0.05, 0.1) is 14.9 Å². The Balaban J connectivity index is 0.00000192. The normalized spacial score (nSPS) is 15.5. The van der Waals surface area contributed by atoms with E-state index in [0.717, 1.165) is 50.7 Å². The van der Waals surface area contributed by atoms with Gasteiger partial charge in [-0.15, -0.1) is 35.1 Å². The van der Waals surface area contributed by atoms with E-state index in [1.165, 1.54) is 22.7 Å². The molecule has 0 spiro atoms. The number of piperidine rings is 1. The van der Waals surface area contributed by atoms with Crippen LogP contribution in [0, 0.1) is 6.92 Å². The predicted molar refractivity (Wildman–Crippen MR) is 100 cm³/mol. The molecular formula is C15H19Cl2N3OS2. The van der Waals surface area contributed by atoms with E-state index < -0.39 is 0 Å². The molecule has 1 N–H and O–H groups in total. The Hall–Kier alpha value is -0.660. The topological polar surface area (TPSA) is 45.2 Å². The number of carbonyl (C=O) groups is 1. The number of aromatic nitrogens is 1. The number of likely N-dealkylation sites (tertiary alicyclic amines) is 1. The van der Waals surface area contributed by atoms with Crippen molar-refractivity contribution in [1.29, 1.82) is 0 Å². The van der Waals surface area contributed by atoms with Gasteiger partial charge in [0, 0.05) is 19.1 Å². The zero-order valence-electron chi connectivity index (χ0n) is 13.0. The third-order valence-corrected chi connectivity index (χ3v) is 6.51. The van der Waals surface area contributed by atoms with Gasteiger partial charge in [0.15, 0.2) is 0 Å². The number of rotatable bonds is 3. The Bertz CT molecular complexity index is 678. The smallest absolute Gasteiger partial charge is 0.265 e. The molecular weight excluding hydrogens is 373 g/mol. The molecule has 0 aromatic carbocycles. The molecule has 3 heterocycles. The summed E-state index contributed by atoms with van der Waals surface area (Å²) in [4.78, 5) is 21.0. The summed E-state index contributed by atoms with van der Waals surface area (Å²) in [5.41, 5.74) is 0.810. The van der Waals surface area contributed by atoms with E-state index in [1.54, 1.807) is 0 Å². The van der Waals surface area contributed by atoms with Crippen molar-refractivity contribution in [2.24, 2.45) is 0 Å². The highest BCUT2D eigenvalue weighted by Gasteiger charge is 2.26. The summed E-state index contributed by atoms with van der Waals surface area (Å²) in [5, 5.41) is 4.16. The number of thiophene rings is 1. The molecule has 0 unspecified atom stereocenters. The van der Waals surface area contributed by atoms with Crippen molar-refractivity contribution >= 4 is 52.6 Å². The van der Waals surface area contributed by atoms with Crippen molar-refractivity contribution in [2.45, 2.75) is 25.8 Å². The third kappa shape index (κ3) is 4.06. The largest absolute Gasteiger partial charge is 0.338 e. The van der Waals surface area contributed by atoms with Crippen LogP contribution in [0.5, 0.6) is 0 Å². The van der Waals surface area contributed by atoms with Crippen LogP contribution in [0.2, 0.25) is 4.34 Å². The van der Waals surface area contributed by atoms with Crippen molar-refractivity contribution < 1.29 is 4.79 Å². The summed E-state index contributed by atoms with van der Waals surface area (Å²) in [6.07, 6.45) is 2.01. The average molecular weight is 392 g/mol. The number of hydrogen-bond donors (Lipinski definition) is 1. The number of nitrogens with zero attached hydrogens (tertiary/aromatic N) is 2. The second-order valence-electron chi connectivity index (χ2n) is 5.39. The average Bonchev–Trinajstić information content (AvgIpc) is 3.12. The third-order valence-electron chi connectivity index (χ3n) is 3.97. The molecule has 0 bridgehead atoms. The highest BCUT2D eigenvalue weighted by atomic mass is 35.5. The van der Waals surface area contributed by atoms with Crippen molar-refractivity contribution in [2.75, 3.05) is 20.1 Å². The van der Waals surface area contributed by atoms with Gasteiger partial charge in [-0.1, -0.05) is 11.6 Å². The Kier molecular flexibility index (Phi) is 6.45. The Morgan fingerprint density at radius 1 is 1.35 bits per heavy atom. The molecule has 1 aliphatic heterocycles. The molecule has 1 amide bonds. The molecule has 23 heavy (non-hydrogen) atoms. The van der Waals surface area contributed by atoms with Gasteiger partial charge in [-0.05, 0) is 38.9 Å². The quantitative estimate of drug-likeness (QED) is 0.856. The second kappa shape index (κ2) is 7.94. The maximum Gasteiger partial charge on any atom is 0.265 e. The molecule has 4 nitrogen and oxygen atoms in total. The van der Waals surface area contributed by atoms with E-state index in [-0.39, 0.29) is 18.3 Å². The molecule has 0 saturated carbocycles. The number of nitrogens with one attached hydrogen (secondary N) is 1. The van der Waals surface area contributed by atoms with Crippen LogP contribution in [0.25, 0.3) is 9.88 Å². The zero-order valence-corrected chi connectivity index (χ0v) is 16.2. The standard InChI is InChI=1S/C15H18ClN3OS2.ClH/c1-9-13(15(20)19-7-5-10(17-2)6-8-19)22-14(18-9)11-3-4-12(16)21-11;/h3-4,10,17H,5-8H2,1-2H3;1H. The van der Waals surface area contributed by atoms with Crippen LogP contribution in [0.4, 0.5) is 0 Å². The number of hydrogen-bond acceptors (Lipinski definition) is 5. The summed E-state index contributed by atoms with van der Waals surface area (Å²) in [6, 6.07) is 4.34. The van der Waals surface area contributed by atoms with E-state index in [9.17, 15) is 4.79 Å². The molecule has 1 fully saturated rings. The number of thiazole rings is 1. The lowest BCUT2D eigenvalue weighted by molar-refractivity contribution is 0.0711. The first-order valence-electron chi connectivity index (χ1n) is 7.28. The van der Waals surface area contributed by atoms with Crippen molar-refractivity contribution in [1.82, 2.24) is 15.2 Å². The lowest BCUT2D eigenvalue weighted by Crippen LogP contribution is -2.43. The fourth-order valence-corrected chi connectivity index (χ4v) is 4.78. The van der Waals surface area contributed by atoms with Gasteiger partial charge in [-0.3, -0.25) is 4.79 Å². The van der Waals surface area contributed by atoms with Gasteiger partial charge in [0.25, 0.3) is 5.91 Å². The van der Waals surface area contributed by atoms with Crippen molar-refractivity contribution in [3.05, 3.63) is 27.0 Å². The first-order valence-corrected chi connectivity index (χ1v) is 9.29. The van der Waals surface area contributed by atoms with Gasteiger partial charge in [-0.25, -0.2) is 4.98 Å². The van der Waals surface area contributed by atoms with E-state index in [2.05, 4.69) is 10.3 Å². The van der Waals surface area contributed by atoms with Crippen LogP contribution in [-0.4, -0.2) is 42.0 Å². The Labute approximate surface area is 155 Å². The lowest BCUT2D eigenvalue weighted by atomic mass is 10.1. The monoisotopic (exact) mass is 391 g/mol. The fourth-order valence-electron chi connectivity index (χ4n) is 2.64. The second-order valence-corrected chi connectivity index (χ2v) is 8.11. The zero-order chi connectivity index (χ0) is 15.7. The molecule has 1 aliphatic rings. The van der Waals surface area contributed by atoms with E-state index >= 15 is 0 Å². The number of halogens is 2. The minimum absolute atomic E-state index is 0. The van der Waals surface area contributed by atoms with Gasteiger partial charge in [0.1, 0.15) is 9.88 Å². The Morgan fingerprint density at radius 3 is 2.61 bits per heavy atom. The summed E-state index contributed by atoms with van der Waals surface area (Å²) in [7, 11) is 1.98. The molecule has 0 atom stereocenters. The SMILES string of the molecule is CNC1CCN(C(=O)c2sc(-c3ccc(Cl)s3)nc2C)CC1.Cl. The van der Waals surface area contributed by atoms with E-state index in [4.69, 9.17) is 11.6 Å². The number of aryl methyl sites for hydroxylation is 1. The summed E-state index contributed by atoms with van der Waals surface area (Å²) < 4.78 is 0.741. The van der Waals surface area contributed by atoms with E-state index in [0.29, 0.717) is 6.04 Å². The summed E-state index contributed by atoms with van der Waals surface area (Å²) in [5.74, 6) is 0.110. The number of carbonyl (C=O) groups excluding carboxylic acids is 1. The lowest BCUT2D eigenvalue weighted by Gasteiger charge is -2.31. The molecule has 2 aromatic heterocycles. The minimum atomic E-state index is 0. The number of amides is 1. The summed E-state index contributed by atoms with van der Waals surface area (Å²) in [6.45, 7) is 3.52. The van der Waals surface area contributed by atoms with Crippen LogP contribution >= 0.6 is 46.7 Å². The molecule has 126 valence electrons. The maximum atomic E-state index is 12.7. The van der Waals surface area contributed by atoms with Crippen LogP contribution in [0.15, 0.2) is 12.1 Å². The Morgan fingerprint density at radius 2 is 2.04 bits per heavy atom. The van der Waals surface area contributed by atoms with Gasteiger partial charge in [-0.2, -0.15) is 0 Å². The van der Waals surface area contributed by atoms with Crippen LogP contribution in [0.1, 0.15) is 28.2 Å². The minimum Gasteiger partial charge on any atom is -0.338 e. The summed E-state index contributed by atoms with van der Waals surface area (Å²) >= 11 is 8.94. The van der Waals surface area contributed by atoms with Gasteiger partial charge >= 0.3 is 0 Å². The maximum absolute atomic E-state index is 12.7. The molecule has 1 saturated heterocycles. The van der Waals surface area contributed by atoms with Gasteiger partial charge in [0.2, 0.25) is 0 Å². The molecule has 0 radical (unpaired) electrons. The predicted octanol–water partition coefficient (Wildman–Crippen LogP) is 4.08. The molecule has 3 rings (SSSR count). The van der Waals surface area contributed by atoms with Gasteiger partial charge < -0.3 is 10.2 Å². The van der Waals surface area contributed by atoms with Crippen LogP contribution < -0.4 is 5.32 Å². The van der Waals surface area contributed by atoms with E-state index in [1.807, 2.05) is 31.0 Å². The van der Waals surface area contributed by atoms with Crippen LogP contribution in [-0.2, 0) is 0 Å². The van der Waals surface area contributed by atoms with Crippen LogP contribution in [0.3, 0.4) is 0 Å². The highest BCUT2D eigenvalue weighted by molar-refractivity contribution is 7.24. The molecule has 0 aliphatic carbocycles. The fraction of sp³-hybridized carbons (Fsp3) is 0.467. The van der Waals surface area contributed by atoms with Crippen molar-refractivity contribution in [3.63, 3.8) is 0 Å². The first-order chi connectivity index (χ1) is 10.6. The van der Waals surface area contributed by atoms with Crippen molar-refractivity contribution in [3.8, 4) is 9.88 Å². The molecule has 2 aromatic rings. The highest BCUT2D eigenvalue weighted by Crippen LogP contribution is 2.35. The molecule has 8 heteroatoms. The first kappa shape index (κ1) is 18.7.